The molecule has 7 heteroatoms. The molecule has 2 aliphatic rings. The fourth-order valence-corrected chi connectivity index (χ4v) is 3.37. The Morgan fingerprint density at radius 3 is 2.67 bits per heavy atom. The summed E-state index contributed by atoms with van der Waals surface area (Å²) in [4.78, 5) is 29.0. The second kappa shape index (κ2) is 7.19. The predicted octanol–water partition coefficient (Wildman–Crippen LogP) is 1.74. The molecule has 1 fully saturated rings. The van der Waals surface area contributed by atoms with Gasteiger partial charge in [0.25, 0.3) is 17.9 Å². The summed E-state index contributed by atoms with van der Waals surface area (Å²) in [5.74, 6) is 0.601. The van der Waals surface area contributed by atoms with Crippen LogP contribution >= 0.6 is 0 Å². The Hall–Kier alpha value is -3.22. The van der Waals surface area contributed by atoms with Gasteiger partial charge in [-0.25, -0.2) is 0 Å². The van der Waals surface area contributed by atoms with Gasteiger partial charge in [-0.1, -0.05) is 18.2 Å². The van der Waals surface area contributed by atoms with E-state index in [0.717, 1.165) is 11.4 Å². The number of amides is 2. The first-order chi connectivity index (χ1) is 13.2. The molecular weight excluding hydrogens is 346 g/mol. The van der Waals surface area contributed by atoms with Crippen LogP contribution in [0.15, 0.2) is 48.5 Å². The quantitative estimate of drug-likeness (QED) is 0.837. The minimum absolute atomic E-state index is 0.299. The van der Waals surface area contributed by atoms with Gasteiger partial charge in [-0.2, -0.15) is 0 Å². The lowest BCUT2D eigenvalue weighted by molar-refractivity contribution is -0.145. The molecule has 0 aromatic heterocycles. The Morgan fingerprint density at radius 2 is 1.89 bits per heavy atom. The number of anilines is 2. The number of hydrogen-bond acceptors (Lipinski definition) is 5. The van der Waals surface area contributed by atoms with Crippen LogP contribution in [-0.4, -0.2) is 56.1 Å². The average Bonchev–Trinajstić information content (AvgIpc) is 2.73. The molecule has 140 valence electrons. The van der Waals surface area contributed by atoms with E-state index in [1.54, 1.807) is 24.1 Å². The molecule has 7 nitrogen and oxygen atoms in total. The second-order valence-corrected chi connectivity index (χ2v) is 6.50. The van der Waals surface area contributed by atoms with Gasteiger partial charge in [-0.3, -0.25) is 9.59 Å². The van der Waals surface area contributed by atoms with Crippen molar-refractivity contribution < 1.29 is 19.1 Å². The standard InChI is InChI=1S/C20H21N3O4/c1-26-15-6-4-5-14(13-15)22-9-11-23(12-10-22)20(25)18-19(24)21-16-7-2-3-8-17(16)27-18/h2-8,13,18H,9-12H2,1H3,(H,21,24)/t18-/m1/s1. The number of piperazine rings is 1. The fourth-order valence-electron chi connectivity index (χ4n) is 3.37. The van der Waals surface area contributed by atoms with E-state index in [2.05, 4.69) is 10.2 Å². The third kappa shape index (κ3) is 3.40. The van der Waals surface area contributed by atoms with Gasteiger partial charge in [0.2, 0.25) is 0 Å². The van der Waals surface area contributed by atoms with E-state index in [1.807, 2.05) is 36.4 Å². The summed E-state index contributed by atoms with van der Waals surface area (Å²) in [7, 11) is 1.64. The van der Waals surface area contributed by atoms with Gasteiger partial charge in [0.15, 0.2) is 0 Å². The smallest absolute Gasteiger partial charge is 0.275 e. The van der Waals surface area contributed by atoms with E-state index in [1.165, 1.54) is 0 Å². The highest BCUT2D eigenvalue weighted by Crippen LogP contribution is 2.29. The van der Waals surface area contributed by atoms with E-state index < -0.39 is 12.0 Å². The van der Waals surface area contributed by atoms with E-state index in [9.17, 15) is 9.59 Å². The number of benzene rings is 2. The molecule has 0 bridgehead atoms. The maximum atomic E-state index is 12.8. The Bertz CT molecular complexity index is 862. The number of hydrogen-bond donors (Lipinski definition) is 1. The monoisotopic (exact) mass is 367 g/mol. The lowest BCUT2D eigenvalue weighted by Crippen LogP contribution is -2.55. The molecule has 2 aliphatic heterocycles. The molecule has 0 saturated carbocycles. The Labute approximate surface area is 157 Å². The van der Waals surface area contributed by atoms with Gasteiger partial charge < -0.3 is 24.6 Å². The first-order valence-electron chi connectivity index (χ1n) is 8.90. The third-order valence-corrected chi connectivity index (χ3v) is 4.86. The SMILES string of the molecule is COc1cccc(N2CCN(C(=O)[C@@H]3Oc4ccccc4NC3=O)CC2)c1. The highest BCUT2D eigenvalue weighted by molar-refractivity contribution is 6.11. The van der Waals surface area contributed by atoms with Crippen molar-refractivity contribution in [2.75, 3.05) is 43.5 Å². The molecule has 2 amide bonds. The summed E-state index contributed by atoms with van der Waals surface area (Å²) in [6.07, 6.45) is -1.14. The number of para-hydroxylation sites is 2. The van der Waals surface area contributed by atoms with Crippen LogP contribution in [0.1, 0.15) is 0 Å². The Morgan fingerprint density at radius 1 is 1.11 bits per heavy atom. The molecule has 0 aliphatic carbocycles. The molecular formula is C20H21N3O4. The molecule has 1 N–H and O–H groups in total. The summed E-state index contributed by atoms with van der Waals surface area (Å²) >= 11 is 0. The van der Waals surface area contributed by atoms with Crippen molar-refractivity contribution in [1.29, 1.82) is 0 Å². The Kier molecular flexibility index (Phi) is 4.58. The van der Waals surface area contributed by atoms with Crippen LogP contribution in [0.5, 0.6) is 11.5 Å². The number of carbonyl (C=O) groups is 2. The topological polar surface area (TPSA) is 71.1 Å². The van der Waals surface area contributed by atoms with Gasteiger partial charge in [-0.15, -0.1) is 0 Å². The van der Waals surface area contributed by atoms with Crippen LogP contribution in [0.4, 0.5) is 11.4 Å². The number of fused-ring (bicyclic) bond motifs is 1. The second-order valence-electron chi connectivity index (χ2n) is 6.50. The molecule has 2 aromatic rings. The van der Waals surface area contributed by atoms with Crippen molar-refractivity contribution in [2.24, 2.45) is 0 Å². The maximum absolute atomic E-state index is 12.8. The van der Waals surface area contributed by atoms with Crippen molar-refractivity contribution in [3.63, 3.8) is 0 Å². The largest absolute Gasteiger partial charge is 0.497 e. The highest BCUT2D eigenvalue weighted by atomic mass is 16.5. The van der Waals surface area contributed by atoms with Crippen LogP contribution in [0, 0.1) is 0 Å². The lowest BCUT2D eigenvalue weighted by atomic mass is 10.1. The van der Waals surface area contributed by atoms with E-state index in [0.29, 0.717) is 37.6 Å². The van der Waals surface area contributed by atoms with Crippen LogP contribution < -0.4 is 19.7 Å². The van der Waals surface area contributed by atoms with Gasteiger partial charge in [0.05, 0.1) is 12.8 Å². The van der Waals surface area contributed by atoms with Crippen molar-refractivity contribution in [3.8, 4) is 11.5 Å². The normalized spacial score (nSPS) is 19.0. The minimum atomic E-state index is -1.14. The predicted molar refractivity (Wildman–Crippen MR) is 101 cm³/mol. The van der Waals surface area contributed by atoms with Crippen LogP contribution in [0.25, 0.3) is 0 Å². The lowest BCUT2D eigenvalue weighted by Gasteiger charge is -2.38. The summed E-state index contributed by atoms with van der Waals surface area (Å²) in [6, 6.07) is 15.0. The minimum Gasteiger partial charge on any atom is -0.497 e. The maximum Gasteiger partial charge on any atom is 0.275 e. The molecule has 1 saturated heterocycles. The molecule has 4 rings (SSSR count). The zero-order valence-corrected chi connectivity index (χ0v) is 15.1. The van der Waals surface area contributed by atoms with Crippen molar-refractivity contribution >= 4 is 23.2 Å². The first kappa shape index (κ1) is 17.2. The molecule has 2 aromatic carbocycles. The molecule has 0 radical (unpaired) electrons. The van der Waals surface area contributed by atoms with Gasteiger partial charge in [-0.05, 0) is 24.3 Å². The molecule has 0 unspecified atom stereocenters. The number of nitrogens with zero attached hydrogens (tertiary/aromatic N) is 2. The Balaban J connectivity index is 1.41. The fraction of sp³-hybridized carbons (Fsp3) is 0.300. The number of carbonyl (C=O) groups excluding carboxylic acids is 2. The number of nitrogens with one attached hydrogen (secondary N) is 1. The zero-order valence-electron chi connectivity index (χ0n) is 15.1. The number of methoxy groups -OCH3 is 1. The number of rotatable bonds is 3. The zero-order chi connectivity index (χ0) is 18.8. The molecule has 2 heterocycles. The van der Waals surface area contributed by atoms with Gasteiger partial charge in [0, 0.05) is 37.9 Å². The summed E-state index contributed by atoms with van der Waals surface area (Å²) in [6.45, 7) is 2.43. The van der Waals surface area contributed by atoms with Crippen molar-refractivity contribution in [2.45, 2.75) is 6.10 Å². The summed E-state index contributed by atoms with van der Waals surface area (Å²) in [5, 5.41) is 2.74. The van der Waals surface area contributed by atoms with Gasteiger partial charge in [0.1, 0.15) is 11.5 Å². The van der Waals surface area contributed by atoms with Crippen LogP contribution in [0.3, 0.4) is 0 Å². The van der Waals surface area contributed by atoms with Crippen LogP contribution in [0.2, 0.25) is 0 Å². The van der Waals surface area contributed by atoms with Crippen molar-refractivity contribution in [3.05, 3.63) is 48.5 Å². The molecule has 27 heavy (non-hydrogen) atoms. The van der Waals surface area contributed by atoms with E-state index in [-0.39, 0.29) is 5.91 Å². The summed E-state index contributed by atoms with van der Waals surface area (Å²) < 4.78 is 10.9. The summed E-state index contributed by atoms with van der Waals surface area (Å²) in [5.41, 5.74) is 1.65. The molecule has 1 atom stereocenters. The van der Waals surface area contributed by atoms with Crippen molar-refractivity contribution in [1.82, 2.24) is 4.90 Å². The van der Waals surface area contributed by atoms with E-state index in [4.69, 9.17) is 9.47 Å². The first-order valence-corrected chi connectivity index (χ1v) is 8.90. The average molecular weight is 367 g/mol. The van der Waals surface area contributed by atoms with Crippen LogP contribution in [-0.2, 0) is 9.59 Å². The van der Waals surface area contributed by atoms with Gasteiger partial charge >= 0.3 is 0 Å². The van der Waals surface area contributed by atoms with E-state index >= 15 is 0 Å². The highest BCUT2D eigenvalue weighted by Gasteiger charge is 2.37. The number of ether oxygens (including phenoxy) is 2. The molecule has 0 spiro atoms. The third-order valence-electron chi connectivity index (χ3n) is 4.86.